The second-order valence-electron chi connectivity index (χ2n) is 31.7. The molecular formula is C106H152BrClN6O24. The maximum Gasteiger partial charge on any atom is 0.407 e. The molecule has 9 aromatic rings. The van der Waals surface area contributed by atoms with Gasteiger partial charge in [-0.05, 0) is 275 Å². The molecule has 4 unspecified atom stereocenters. The Hall–Kier alpha value is -11.3. The fraction of sp³-hybridized carbons (Fsp3) is 0.434. The first-order valence-corrected chi connectivity index (χ1v) is 46.7. The number of carboxylic acid groups (broad SMARTS) is 1. The number of hydrogen-bond acceptors (Lipinski definition) is 25. The highest BCUT2D eigenvalue weighted by atomic mass is 79.9. The number of rotatable bonds is 51. The molecule has 138 heavy (non-hydrogen) atoms. The summed E-state index contributed by atoms with van der Waals surface area (Å²) in [6, 6.07) is 74.3. The fourth-order valence-electron chi connectivity index (χ4n) is 11.5. The third-order valence-electron chi connectivity index (χ3n) is 19.3. The Balaban J connectivity index is 0.00000157. The molecule has 1 fully saturated rings. The summed E-state index contributed by atoms with van der Waals surface area (Å²) in [6.07, 6.45) is 16.1. The Morgan fingerprint density at radius 2 is 0.674 bits per heavy atom. The van der Waals surface area contributed by atoms with Crippen LogP contribution >= 0.6 is 28.6 Å². The van der Waals surface area contributed by atoms with E-state index in [0.29, 0.717) is 62.1 Å². The first-order chi connectivity index (χ1) is 66.2. The summed E-state index contributed by atoms with van der Waals surface area (Å²) in [5, 5.41) is 100. The Morgan fingerprint density at radius 3 is 0.920 bits per heavy atom. The molecule has 0 aliphatic carbocycles. The molecule has 30 nitrogen and oxygen atoms in total. The highest BCUT2D eigenvalue weighted by molar-refractivity contribution is 8.93. The maximum atomic E-state index is 11.6. The summed E-state index contributed by atoms with van der Waals surface area (Å²) >= 11 is 5.08. The van der Waals surface area contributed by atoms with Crippen LogP contribution in [0.1, 0.15) is 167 Å². The normalized spacial score (nSPS) is 11.6. The number of ether oxygens (including phenoxy) is 7. The fourth-order valence-corrected chi connectivity index (χ4v) is 11.6. The number of phenols is 2. The summed E-state index contributed by atoms with van der Waals surface area (Å²) < 4.78 is 35.9. The highest BCUT2D eigenvalue weighted by Crippen LogP contribution is 2.21. The van der Waals surface area contributed by atoms with E-state index in [9.17, 15) is 39.0 Å². The van der Waals surface area contributed by atoms with Crippen molar-refractivity contribution in [2.45, 2.75) is 199 Å². The number of halogens is 2. The number of amides is 4. The van der Waals surface area contributed by atoms with Crippen molar-refractivity contribution in [1.82, 2.24) is 10.6 Å². The molecule has 10 rings (SSSR count). The summed E-state index contributed by atoms with van der Waals surface area (Å²) in [5.41, 5.74) is 31.2. The predicted octanol–water partition coefficient (Wildman–Crippen LogP) is 14.3. The van der Waals surface area contributed by atoms with Gasteiger partial charge in [-0.25, -0.2) is 9.59 Å². The van der Waals surface area contributed by atoms with Crippen molar-refractivity contribution in [2.24, 2.45) is 28.9 Å². The molecule has 0 aromatic heterocycles. The molecule has 0 bridgehead atoms. The number of nitrogens with one attached hydrogen (secondary N) is 2. The third-order valence-corrected chi connectivity index (χ3v) is 19.5. The SMILES string of the molecule is Br.CC(C)CCC(=O)Cl.CO.COc1ccc(CCCC(N)=O)cc1.NC(=O)CCCc1ccc(O)cc1.NCCCCc1ccc(OCC(O)CO)cc1.NCCCCc1ccc(OCC(O)CO)cc1.O=C(NCCCCc1ccc(O)cc1)OCc1ccccc1.O=C(NCCCCc1ccc(OCC(O)CO)cc1)OCc1ccccc1.O=C(O)CCCc1ccccc1.OCC1CO1. The molecule has 9 aromatic carbocycles. The first kappa shape index (κ1) is 127. The van der Waals surface area contributed by atoms with Gasteiger partial charge in [-0.3, -0.25) is 19.2 Å². The van der Waals surface area contributed by atoms with Crippen LogP contribution in [0.2, 0.25) is 0 Å². The van der Waals surface area contributed by atoms with E-state index in [2.05, 4.69) is 29.2 Å². The number of aromatic hydroxyl groups is 2. The van der Waals surface area contributed by atoms with Gasteiger partial charge in [0, 0.05) is 45.9 Å². The van der Waals surface area contributed by atoms with E-state index in [0.717, 1.165) is 171 Å². The minimum Gasteiger partial charge on any atom is -0.508 e. The Morgan fingerprint density at radius 1 is 0.399 bits per heavy atom. The van der Waals surface area contributed by atoms with Crippen LogP contribution in [0.15, 0.2) is 237 Å². The molecule has 4 amide bonds. The largest absolute Gasteiger partial charge is 0.508 e. The lowest BCUT2D eigenvalue weighted by Crippen LogP contribution is -2.25. The van der Waals surface area contributed by atoms with E-state index in [4.69, 9.17) is 109 Å². The molecule has 1 heterocycles. The molecule has 0 radical (unpaired) electrons. The molecule has 1 saturated heterocycles. The highest BCUT2D eigenvalue weighted by Gasteiger charge is 2.20. The number of unbranched alkanes of at least 4 members (excludes halogenated alkanes) is 4. The summed E-state index contributed by atoms with van der Waals surface area (Å²) in [4.78, 5) is 64.4. The Bertz CT molecular complexity index is 4390. The van der Waals surface area contributed by atoms with E-state index >= 15 is 0 Å². The number of nitrogens with two attached hydrogens (primary N) is 4. The number of carboxylic acids is 1. The number of aliphatic hydroxyl groups is 8. The van der Waals surface area contributed by atoms with Crippen LogP contribution in [-0.2, 0) is 91.5 Å². The Kier molecular flexibility index (Phi) is 78.0. The van der Waals surface area contributed by atoms with Crippen LogP contribution in [-0.4, -0.2) is 209 Å². The number of primary amides is 2. The van der Waals surface area contributed by atoms with Gasteiger partial charge in [0.15, 0.2) is 0 Å². The van der Waals surface area contributed by atoms with E-state index in [1.54, 1.807) is 31.4 Å². The Labute approximate surface area is 830 Å². The number of epoxide rings is 1. The van der Waals surface area contributed by atoms with Gasteiger partial charge in [-0.1, -0.05) is 178 Å². The van der Waals surface area contributed by atoms with Gasteiger partial charge in [-0.15, -0.1) is 17.0 Å². The van der Waals surface area contributed by atoms with Crippen LogP contribution in [0.25, 0.3) is 0 Å². The number of phenolic OH excluding ortho intramolecular Hbond substituents is 2. The van der Waals surface area contributed by atoms with Gasteiger partial charge in [-0.2, -0.15) is 0 Å². The summed E-state index contributed by atoms with van der Waals surface area (Å²) in [6.45, 7) is 7.74. The van der Waals surface area contributed by atoms with Gasteiger partial charge in [0.05, 0.1) is 40.1 Å². The quantitative estimate of drug-likeness (QED) is 0.00956. The number of aryl methyl sites for hydroxylation is 7. The summed E-state index contributed by atoms with van der Waals surface area (Å²) in [5.74, 6) is 2.84. The molecule has 4 atom stereocenters. The minimum atomic E-state index is -0.864. The minimum absolute atomic E-state index is 0. The van der Waals surface area contributed by atoms with Gasteiger partial charge in [0.2, 0.25) is 17.1 Å². The van der Waals surface area contributed by atoms with Crippen molar-refractivity contribution in [3.05, 3.63) is 287 Å². The monoisotopic (exact) mass is 2010 g/mol. The van der Waals surface area contributed by atoms with Crippen molar-refractivity contribution in [3.63, 3.8) is 0 Å². The molecule has 0 saturated carbocycles. The van der Waals surface area contributed by atoms with E-state index in [-0.39, 0.29) is 117 Å². The number of alkyl carbamates (subject to hydrolysis) is 2. The topological polar surface area (TPSA) is 521 Å². The van der Waals surface area contributed by atoms with E-state index in [1.807, 2.05) is 212 Å². The van der Waals surface area contributed by atoms with Crippen LogP contribution in [0.4, 0.5) is 9.59 Å². The number of carbonyl (C=O) groups excluding carboxylic acids is 5. The second kappa shape index (κ2) is 85.0. The molecule has 32 heteroatoms. The molecule has 1 aliphatic heterocycles. The molecule has 764 valence electrons. The van der Waals surface area contributed by atoms with E-state index < -0.39 is 30.4 Å². The lowest BCUT2D eigenvalue weighted by Gasteiger charge is -2.10. The molecule has 0 spiro atoms. The average Bonchev–Trinajstić information content (AvgIpc) is 1.28. The number of benzene rings is 9. The van der Waals surface area contributed by atoms with Crippen molar-refractivity contribution < 1.29 is 118 Å². The van der Waals surface area contributed by atoms with E-state index in [1.165, 1.54) is 33.4 Å². The number of carbonyl (C=O) groups is 6. The van der Waals surface area contributed by atoms with Gasteiger partial charge >= 0.3 is 18.2 Å². The zero-order valence-electron chi connectivity index (χ0n) is 80.4. The van der Waals surface area contributed by atoms with Crippen LogP contribution < -0.4 is 52.5 Å². The van der Waals surface area contributed by atoms with Crippen LogP contribution in [0.5, 0.6) is 34.5 Å². The zero-order chi connectivity index (χ0) is 101. The van der Waals surface area contributed by atoms with Crippen LogP contribution in [0.3, 0.4) is 0 Å². The van der Waals surface area contributed by atoms with Gasteiger partial charge in [0.1, 0.15) is 91.9 Å². The predicted molar refractivity (Wildman–Crippen MR) is 545 cm³/mol. The molecule has 1 aliphatic rings. The standard InChI is InChI=1S/C21H27NO5.C18H21NO3.2C13H21NO3.C11H15NO2.C10H13NO2.C10H12O2.C6H11ClO.C3H6O2.CH4O.BrH/c23-14-19(24)16-26-20-11-9-17(10-12-20)6-4-5-13-22-21(25)27-15-18-7-2-1-3-8-18;20-17-11-9-15(10-12-17)6-4-5-13-19-18(21)22-14-16-7-2-1-3-8-16;2*14-8-2-1-3-11-4-6-13(7-5-11)17-10-12(16)9-15;1-14-10-7-5-9(6-8-10)3-2-4-11(12)13;11-10(13)3-1-2-8-4-6-9(12)7-5-8;11-10(12)8-4-7-9-5-2-1-3-6-9;1-5(2)3-4-6(7)8;4-1-3-2-5-3;1-2;/h1-3,7-12,19,23-24H,4-6,13-16H2,(H,22,25);1-3,7-12,20H,4-6,13-14H2,(H,19,21);2*4-7,12,15-16H,1-3,8-10,14H2;5-8H,2-4H2,1H3,(H2,12,13);4-7,12H,1-3H2,(H2,11,13);1-3,5-6H,4,7-8H2,(H,11,12);5H,3-4H2,1-2H3;3-4H,1-2H2;2H,1H3;1H. The average molecular weight is 2010 g/mol. The summed E-state index contributed by atoms with van der Waals surface area (Å²) in [7, 11) is 2.64. The third kappa shape index (κ3) is 74.8. The lowest BCUT2D eigenvalue weighted by atomic mass is 10.1. The second-order valence-corrected chi connectivity index (χ2v) is 32.2. The van der Waals surface area contributed by atoms with Crippen LogP contribution in [0, 0.1) is 5.92 Å². The van der Waals surface area contributed by atoms with Crippen molar-refractivity contribution >= 4 is 63.8 Å². The number of aliphatic carboxylic acids is 1. The molecule has 21 N–H and O–H groups in total. The molecular weight excluding hydrogens is 1860 g/mol. The number of aliphatic hydroxyl groups excluding tert-OH is 8. The number of hydrogen-bond donors (Lipinski definition) is 17. The van der Waals surface area contributed by atoms with Crippen molar-refractivity contribution in [3.8, 4) is 34.5 Å². The number of methoxy groups -OCH3 is 1. The zero-order valence-corrected chi connectivity index (χ0v) is 82.9. The van der Waals surface area contributed by atoms with Gasteiger partial charge < -0.3 is 123 Å². The van der Waals surface area contributed by atoms with Crippen molar-refractivity contribution in [1.29, 1.82) is 0 Å². The van der Waals surface area contributed by atoms with Crippen molar-refractivity contribution in [2.75, 3.05) is 93.3 Å². The lowest BCUT2D eigenvalue weighted by molar-refractivity contribution is -0.137. The van der Waals surface area contributed by atoms with Gasteiger partial charge in [0.25, 0.3) is 0 Å². The maximum absolute atomic E-state index is 11.6. The first-order valence-electron chi connectivity index (χ1n) is 46.4. The smallest absolute Gasteiger partial charge is 0.407 e.